The topological polar surface area (TPSA) is 98.6 Å². The Bertz CT molecular complexity index is 785. The monoisotopic (exact) mass is 385 g/mol. The Morgan fingerprint density at radius 1 is 1.31 bits per heavy atom. The first-order valence-electron chi connectivity index (χ1n) is 8.79. The zero-order chi connectivity index (χ0) is 19.5. The molecule has 9 heteroatoms. The van der Waals surface area contributed by atoms with Crippen molar-refractivity contribution >= 4 is 21.7 Å². The molecule has 1 aliphatic rings. The molecule has 0 aliphatic carbocycles. The summed E-state index contributed by atoms with van der Waals surface area (Å²) in [6.07, 6.45) is 0.731. The third-order valence-electron chi connectivity index (χ3n) is 4.70. The van der Waals surface area contributed by atoms with Gasteiger partial charge in [-0.1, -0.05) is 0 Å². The fourth-order valence-corrected chi connectivity index (χ4v) is 4.90. The summed E-state index contributed by atoms with van der Waals surface area (Å²) in [5.41, 5.74) is 2.59. The number of hydrogen-bond donors (Lipinski definition) is 0. The standard InChI is InChI=1S/C17H27N3O5S/c1-5-25-17(22)7-6-16(21)19(4)10-15-12(2)18-20(13(15)3)14-8-9-26(23,24)11-14/h14H,5-11H2,1-4H3/t14-/m1/s1. The lowest BCUT2D eigenvalue weighted by atomic mass is 10.1. The first kappa shape index (κ1) is 20.4. The van der Waals surface area contributed by atoms with Gasteiger partial charge >= 0.3 is 5.97 Å². The largest absolute Gasteiger partial charge is 0.466 e. The summed E-state index contributed by atoms with van der Waals surface area (Å²) in [7, 11) is -1.31. The Morgan fingerprint density at radius 3 is 2.58 bits per heavy atom. The van der Waals surface area contributed by atoms with Crippen molar-refractivity contribution in [2.75, 3.05) is 25.2 Å². The third-order valence-corrected chi connectivity index (χ3v) is 6.45. The van der Waals surface area contributed by atoms with Crippen molar-refractivity contribution in [2.24, 2.45) is 0 Å². The van der Waals surface area contributed by atoms with Gasteiger partial charge in [0.05, 0.1) is 36.3 Å². The molecule has 1 aromatic heterocycles. The molecule has 1 saturated heterocycles. The Labute approximate surface area is 154 Å². The van der Waals surface area contributed by atoms with E-state index < -0.39 is 9.84 Å². The van der Waals surface area contributed by atoms with Crippen molar-refractivity contribution in [3.8, 4) is 0 Å². The molecule has 1 atom stereocenters. The predicted molar refractivity (Wildman–Crippen MR) is 96.3 cm³/mol. The van der Waals surface area contributed by atoms with E-state index in [1.165, 1.54) is 0 Å². The van der Waals surface area contributed by atoms with Crippen LogP contribution in [0.2, 0.25) is 0 Å². The molecule has 2 heterocycles. The zero-order valence-electron chi connectivity index (χ0n) is 15.8. The van der Waals surface area contributed by atoms with Gasteiger partial charge < -0.3 is 9.64 Å². The van der Waals surface area contributed by atoms with Gasteiger partial charge in [-0.15, -0.1) is 0 Å². The number of amides is 1. The van der Waals surface area contributed by atoms with E-state index >= 15 is 0 Å². The molecule has 0 radical (unpaired) electrons. The summed E-state index contributed by atoms with van der Waals surface area (Å²) >= 11 is 0. The summed E-state index contributed by atoms with van der Waals surface area (Å²) < 4.78 is 30.1. The SMILES string of the molecule is CCOC(=O)CCC(=O)N(C)Cc1c(C)nn([C@@H]2CCS(=O)(=O)C2)c1C. The number of carbonyl (C=O) groups excluding carboxylic acids is 2. The molecule has 1 aliphatic heterocycles. The van der Waals surface area contributed by atoms with Crippen molar-refractivity contribution in [1.82, 2.24) is 14.7 Å². The van der Waals surface area contributed by atoms with Crippen molar-refractivity contribution in [1.29, 1.82) is 0 Å². The van der Waals surface area contributed by atoms with Crippen molar-refractivity contribution < 1.29 is 22.7 Å². The molecular weight excluding hydrogens is 358 g/mol. The highest BCUT2D eigenvalue weighted by atomic mass is 32.2. The molecule has 0 bridgehead atoms. The molecule has 0 N–H and O–H groups in total. The Hall–Kier alpha value is -1.90. The van der Waals surface area contributed by atoms with Crippen LogP contribution >= 0.6 is 0 Å². The maximum atomic E-state index is 12.2. The second kappa shape index (κ2) is 8.20. The van der Waals surface area contributed by atoms with Crippen LogP contribution in [0.4, 0.5) is 0 Å². The summed E-state index contributed by atoms with van der Waals surface area (Å²) in [6, 6.07) is -0.141. The van der Waals surface area contributed by atoms with E-state index in [0.29, 0.717) is 19.6 Å². The number of ether oxygens (including phenoxy) is 1. The van der Waals surface area contributed by atoms with E-state index in [-0.39, 0.29) is 42.3 Å². The molecular formula is C17H27N3O5S. The minimum atomic E-state index is -2.99. The van der Waals surface area contributed by atoms with Crippen LogP contribution in [0.1, 0.15) is 49.2 Å². The first-order chi connectivity index (χ1) is 12.1. The van der Waals surface area contributed by atoms with Gasteiger partial charge in [-0.2, -0.15) is 5.10 Å². The molecule has 2 rings (SSSR count). The van der Waals surface area contributed by atoms with E-state index in [2.05, 4.69) is 5.10 Å². The summed E-state index contributed by atoms with van der Waals surface area (Å²) in [5.74, 6) is -0.217. The van der Waals surface area contributed by atoms with Gasteiger partial charge in [0.25, 0.3) is 0 Å². The quantitative estimate of drug-likeness (QED) is 0.653. The maximum absolute atomic E-state index is 12.2. The van der Waals surface area contributed by atoms with Crippen LogP contribution in [-0.4, -0.2) is 60.1 Å². The lowest BCUT2D eigenvalue weighted by Gasteiger charge is -2.18. The maximum Gasteiger partial charge on any atom is 0.306 e. The number of sulfone groups is 1. The number of esters is 1. The second-order valence-electron chi connectivity index (χ2n) is 6.71. The van der Waals surface area contributed by atoms with Gasteiger partial charge in [-0.25, -0.2) is 8.42 Å². The number of nitrogens with zero attached hydrogens (tertiary/aromatic N) is 3. The molecule has 1 aromatic rings. The van der Waals surface area contributed by atoms with Crippen LogP contribution in [0, 0.1) is 13.8 Å². The highest BCUT2D eigenvalue weighted by Crippen LogP contribution is 2.27. The lowest BCUT2D eigenvalue weighted by Crippen LogP contribution is -2.27. The molecule has 8 nitrogen and oxygen atoms in total. The number of aromatic nitrogens is 2. The fraction of sp³-hybridized carbons (Fsp3) is 0.706. The van der Waals surface area contributed by atoms with Gasteiger partial charge in [0.2, 0.25) is 5.91 Å². The minimum Gasteiger partial charge on any atom is -0.466 e. The molecule has 0 aromatic carbocycles. The van der Waals surface area contributed by atoms with Crippen LogP contribution in [0.3, 0.4) is 0 Å². The highest BCUT2D eigenvalue weighted by molar-refractivity contribution is 7.91. The Balaban J connectivity index is 2.03. The molecule has 146 valence electrons. The molecule has 0 spiro atoms. The molecule has 26 heavy (non-hydrogen) atoms. The van der Waals surface area contributed by atoms with Gasteiger partial charge in [0.1, 0.15) is 0 Å². The average Bonchev–Trinajstić information content (AvgIpc) is 3.06. The number of aryl methyl sites for hydroxylation is 1. The van der Waals surface area contributed by atoms with E-state index in [4.69, 9.17) is 4.74 Å². The average molecular weight is 385 g/mol. The predicted octanol–water partition coefficient (Wildman–Crippen LogP) is 1.16. The van der Waals surface area contributed by atoms with Gasteiger partial charge in [0.15, 0.2) is 9.84 Å². The van der Waals surface area contributed by atoms with E-state index in [9.17, 15) is 18.0 Å². The van der Waals surface area contributed by atoms with Crippen LogP contribution < -0.4 is 0 Å². The van der Waals surface area contributed by atoms with Gasteiger partial charge in [0, 0.05) is 31.3 Å². The van der Waals surface area contributed by atoms with E-state index in [1.807, 2.05) is 13.8 Å². The number of hydrogen-bond acceptors (Lipinski definition) is 6. The minimum absolute atomic E-state index is 0.0637. The van der Waals surface area contributed by atoms with Crippen molar-refractivity contribution in [3.05, 3.63) is 17.0 Å². The Kier molecular flexibility index (Phi) is 6.44. The summed E-state index contributed by atoms with van der Waals surface area (Å²) in [4.78, 5) is 25.2. The van der Waals surface area contributed by atoms with Crippen molar-refractivity contribution in [3.63, 3.8) is 0 Å². The number of rotatable bonds is 7. The second-order valence-corrected chi connectivity index (χ2v) is 8.93. The first-order valence-corrected chi connectivity index (χ1v) is 10.6. The normalized spacial score (nSPS) is 18.7. The Morgan fingerprint density at radius 2 is 2.00 bits per heavy atom. The molecule has 0 saturated carbocycles. The lowest BCUT2D eigenvalue weighted by molar-refractivity contribution is -0.145. The van der Waals surface area contributed by atoms with Crippen LogP contribution in [0.15, 0.2) is 0 Å². The molecule has 1 fully saturated rings. The summed E-state index contributed by atoms with van der Waals surface area (Å²) in [6.45, 7) is 6.16. The number of carbonyl (C=O) groups is 2. The fourth-order valence-electron chi connectivity index (χ4n) is 3.21. The van der Waals surface area contributed by atoms with Crippen molar-refractivity contribution in [2.45, 2.75) is 52.6 Å². The van der Waals surface area contributed by atoms with E-state index in [1.54, 1.807) is 23.6 Å². The van der Waals surface area contributed by atoms with Gasteiger partial charge in [-0.3, -0.25) is 14.3 Å². The van der Waals surface area contributed by atoms with Crippen LogP contribution in [0.25, 0.3) is 0 Å². The molecule has 1 amide bonds. The third kappa shape index (κ3) is 4.84. The van der Waals surface area contributed by atoms with E-state index in [0.717, 1.165) is 17.0 Å². The summed E-state index contributed by atoms with van der Waals surface area (Å²) in [5, 5.41) is 4.51. The van der Waals surface area contributed by atoms with Gasteiger partial charge in [-0.05, 0) is 27.2 Å². The smallest absolute Gasteiger partial charge is 0.306 e. The van der Waals surface area contributed by atoms with Crippen LogP contribution in [-0.2, 0) is 30.7 Å². The highest BCUT2D eigenvalue weighted by Gasteiger charge is 2.31. The zero-order valence-corrected chi connectivity index (χ0v) is 16.6. The van der Waals surface area contributed by atoms with Crippen LogP contribution in [0.5, 0.6) is 0 Å². The molecule has 0 unspecified atom stereocenters.